The number of aromatic nitrogens is 2. The van der Waals surface area contributed by atoms with Gasteiger partial charge in [0.25, 0.3) is 0 Å². The lowest BCUT2D eigenvalue weighted by atomic mass is 10.2. The second kappa shape index (κ2) is 4.83. The highest BCUT2D eigenvalue weighted by Gasteiger charge is 2.07. The maximum atomic E-state index is 9.02. The zero-order chi connectivity index (χ0) is 13.1. The summed E-state index contributed by atoms with van der Waals surface area (Å²) in [6.07, 6.45) is 0. The average Bonchev–Trinajstić information content (AvgIpc) is 2.89. The molecule has 0 spiro atoms. The third-order valence-electron chi connectivity index (χ3n) is 2.80. The Balaban J connectivity index is 1.85. The van der Waals surface area contributed by atoms with Gasteiger partial charge < -0.3 is 9.72 Å². The molecule has 0 saturated heterocycles. The molecule has 0 radical (unpaired) electrons. The van der Waals surface area contributed by atoms with Crippen LogP contribution in [-0.4, -0.2) is 9.97 Å². The van der Waals surface area contributed by atoms with Gasteiger partial charge in [-0.05, 0) is 24.3 Å². The molecule has 0 amide bonds. The zero-order valence-electron chi connectivity index (χ0n) is 10.1. The summed E-state index contributed by atoms with van der Waals surface area (Å²) in [5.74, 6) is 1.50. The van der Waals surface area contributed by atoms with Crippen LogP contribution in [0.1, 0.15) is 11.4 Å². The van der Waals surface area contributed by atoms with Crippen LogP contribution in [0.3, 0.4) is 0 Å². The third-order valence-corrected chi connectivity index (χ3v) is 2.80. The van der Waals surface area contributed by atoms with Crippen LogP contribution in [0.15, 0.2) is 48.5 Å². The van der Waals surface area contributed by atoms with Gasteiger partial charge in [-0.2, -0.15) is 5.26 Å². The number of nitrogens with zero attached hydrogens (tertiary/aromatic N) is 2. The molecule has 0 aliphatic carbocycles. The van der Waals surface area contributed by atoms with Crippen molar-refractivity contribution >= 4 is 11.0 Å². The monoisotopic (exact) mass is 249 g/mol. The van der Waals surface area contributed by atoms with Gasteiger partial charge in [-0.15, -0.1) is 0 Å². The summed E-state index contributed by atoms with van der Waals surface area (Å²) in [6, 6.07) is 17.2. The summed E-state index contributed by atoms with van der Waals surface area (Å²) in [6.45, 7) is 0.351. The van der Waals surface area contributed by atoms with Crippen molar-refractivity contribution in [3.05, 3.63) is 59.9 Å². The summed E-state index contributed by atoms with van der Waals surface area (Å²) in [5.41, 5.74) is 2.11. The Kier molecular flexibility index (Phi) is 2.87. The topological polar surface area (TPSA) is 61.7 Å². The van der Waals surface area contributed by atoms with E-state index >= 15 is 0 Å². The van der Waals surface area contributed by atoms with E-state index in [0.717, 1.165) is 11.3 Å². The minimum atomic E-state index is 0.351. The molecule has 0 atom stereocenters. The molecule has 4 nitrogen and oxygen atoms in total. The van der Waals surface area contributed by atoms with Gasteiger partial charge >= 0.3 is 0 Å². The number of ether oxygens (including phenoxy) is 1. The van der Waals surface area contributed by atoms with Crippen molar-refractivity contribution < 1.29 is 4.74 Å². The van der Waals surface area contributed by atoms with E-state index in [2.05, 4.69) is 16.0 Å². The SMILES string of the molecule is N#Cc1cccc2[nH]c(COc3ccccc3)nc12. The van der Waals surface area contributed by atoms with E-state index in [-0.39, 0.29) is 0 Å². The van der Waals surface area contributed by atoms with Crippen molar-refractivity contribution in [3.8, 4) is 11.8 Å². The molecule has 92 valence electrons. The predicted molar refractivity (Wildman–Crippen MR) is 71.6 cm³/mol. The molecular weight excluding hydrogens is 238 g/mol. The van der Waals surface area contributed by atoms with Crippen molar-refractivity contribution in [2.24, 2.45) is 0 Å². The minimum Gasteiger partial charge on any atom is -0.486 e. The number of hydrogen-bond acceptors (Lipinski definition) is 3. The van der Waals surface area contributed by atoms with Gasteiger partial charge in [-0.3, -0.25) is 0 Å². The van der Waals surface area contributed by atoms with E-state index in [0.29, 0.717) is 23.5 Å². The van der Waals surface area contributed by atoms with Gasteiger partial charge in [-0.25, -0.2) is 4.98 Å². The third kappa shape index (κ3) is 2.26. The maximum Gasteiger partial charge on any atom is 0.146 e. The van der Waals surface area contributed by atoms with Crippen LogP contribution >= 0.6 is 0 Å². The van der Waals surface area contributed by atoms with Crippen molar-refractivity contribution in [1.29, 1.82) is 5.26 Å². The van der Waals surface area contributed by atoms with E-state index in [1.807, 2.05) is 42.5 Å². The lowest BCUT2D eigenvalue weighted by Crippen LogP contribution is -1.96. The summed E-state index contributed by atoms with van der Waals surface area (Å²) in [7, 11) is 0. The maximum absolute atomic E-state index is 9.02. The molecule has 0 bridgehead atoms. The number of nitriles is 1. The van der Waals surface area contributed by atoms with Crippen LogP contribution in [0.5, 0.6) is 5.75 Å². The zero-order valence-corrected chi connectivity index (χ0v) is 10.1. The second-order valence-electron chi connectivity index (χ2n) is 4.10. The Bertz CT molecular complexity index is 741. The number of imidazole rings is 1. The van der Waals surface area contributed by atoms with Crippen LogP contribution in [0.4, 0.5) is 0 Å². The fourth-order valence-corrected chi connectivity index (χ4v) is 1.91. The number of hydrogen-bond donors (Lipinski definition) is 1. The normalized spacial score (nSPS) is 10.3. The summed E-state index contributed by atoms with van der Waals surface area (Å²) in [5, 5.41) is 9.02. The van der Waals surface area contributed by atoms with Crippen molar-refractivity contribution in [3.63, 3.8) is 0 Å². The van der Waals surface area contributed by atoms with E-state index in [9.17, 15) is 0 Å². The molecule has 0 aliphatic heterocycles. The van der Waals surface area contributed by atoms with Crippen LogP contribution < -0.4 is 4.74 Å². The summed E-state index contributed by atoms with van der Waals surface area (Å²) >= 11 is 0. The fraction of sp³-hybridized carbons (Fsp3) is 0.0667. The number of nitrogens with one attached hydrogen (secondary N) is 1. The molecule has 1 N–H and O–H groups in total. The first-order valence-corrected chi connectivity index (χ1v) is 5.92. The van der Waals surface area contributed by atoms with E-state index in [4.69, 9.17) is 10.00 Å². The van der Waals surface area contributed by atoms with E-state index in [1.165, 1.54) is 0 Å². The predicted octanol–water partition coefficient (Wildman–Crippen LogP) is 3.01. The van der Waals surface area contributed by atoms with Gasteiger partial charge in [0.05, 0.1) is 11.1 Å². The summed E-state index contributed by atoms with van der Waals surface area (Å²) < 4.78 is 5.62. The number of fused-ring (bicyclic) bond motifs is 1. The number of aromatic amines is 1. The largest absolute Gasteiger partial charge is 0.486 e. The van der Waals surface area contributed by atoms with Gasteiger partial charge in [-0.1, -0.05) is 24.3 Å². The highest BCUT2D eigenvalue weighted by Crippen LogP contribution is 2.17. The van der Waals surface area contributed by atoms with Crippen LogP contribution in [0.25, 0.3) is 11.0 Å². The minimum absolute atomic E-state index is 0.351. The first-order chi connectivity index (χ1) is 9.36. The molecular formula is C15H11N3O. The molecule has 3 rings (SSSR count). The Morgan fingerprint density at radius 1 is 1.11 bits per heavy atom. The molecule has 0 aliphatic rings. The van der Waals surface area contributed by atoms with Crippen molar-refractivity contribution in [1.82, 2.24) is 9.97 Å². The standard InChI is InChI=1S/C15H11N3O/c16-9-11-5-4-8-13-15(11)18-14(17-13)10-19-12-6-2-1-3-7-12/h1-8H,10H2,(H,17,18). The number of rotatable bonds is 3. The quantitative estimate of drug-likeness (QED) is 0.776. The fourth-order valence-electron chi connectivity index (χ4n) is 1.91. The second-order valence-corrected chi connectivity index (χ2v) is 4.10. The van der Waals surface area contributed by atoms with Crippen LogP contribution in [-0.2, 0) is 6.61 Å². The molecule has 2 aromatic carbocycles. The lowest BCUT2D eigenvalue weighted by Gasteiger charge is -2.02. The summed E-state index contributed by atoms with van der Waals surface area (Å²) in [4.78, 5) is 7.55. The molecule has 0 saturated carbocycles. The number of benzene rings is 2. The average molecular weight is 249 g/mol. The molecule has 4 heteroatoms. The Morgan fingerprint density at radius 3 is 2.74 bits per heavy atom. The van der Waals surface area contributed by atoms with Crippen LogP contribution in [0, 0.1) is 11.3 Å². The first-order valence-electron chi connectivity index (χ1n) is 5.92. The molecule has 1 aromatic heterocycles. The highest BCUT2D eigenvalue weighted by molar-refractivity contribution is 5.81. The molecule has 0 unspecified atom stereocenters. The van der Waals surface area contributed by atoms with Crippen LogP contribution in [0.2, 0.25) is 0 Å². The Morgan fingerprint density at radius 2 is 1.95 bits per heavy atom. The molecule has 1 heterocycles. The molecule has 3 aromatic rings. The first kappa shape index (κ1) is 11.3. The number of para-hydroxylation sites is 2. The van der Waals surface area contributed by atoms with Crippen molar-refractivity contribution in [2.45, 2.75) is 6.61 Å². The van der Waals surface area contributed by atoms with Gasteiger partial charge in [0.15, 0.2) is 0 Å². The van der Waals surface area contributed by atoms with E-state index in [1.54, 1.807) is 6.07 Å². The van der Waals surface area contributed by atoms with Gasteiger partial charge in [0, 0.05) is 0 Å². The molecule has 0 fully saturated rings. The van der Waals surface area contributed by atoms with Gasteiger partial charge in [0.1, 0.15) is 29.8 Å². The van der Waals surface area contributed by atoms with E-state index < -0.39 is 0 Å². The molecule has 19 heavy (non-hydrogen) atoms. The Labute approximate surface area is 110 Å². The number of H-pyrrole nitrogens is 1. The lowest BCUT2D eigenvalue weighted by molar-refractivity contribution is 0.297. The highest BCUT2D eigenvalue weighted by atomic mass is 16.5. The van der Waals surface area contributed by atoms with Crippen molar-refractivity contribution in [2.75, 3.05) is 0 Å². The van der Waals surface area contributed by atoms with Gasteiger partial charge in [0.2, 0.25) is 0 Å². The smallest absolute Gasteiger partial charge is 0.146 e. The Hall–Kier alpha value is -2.80.